The van der Waals surface area contributed by atoms with Crippen molar-refractivity contribution in [2.75, 3.05) is 18.5 Å². The predicted molar refractivity (Wildman–Crippen MR) is 65.4 cm³/mol. The second-order valence-corrected chi connectivity index (χ2v) is 3.55. The van der Waals surface area contributed by atoms with E-state index in [9.17, 15) is 9.18 Å². The Balaban J connectivity index is 2.43. The summed E-state index contributed by atoms with van der Waals surface area (Å²) in [4.78, 5) is 11.0. The van der Waals surface area contributed by atoms with Crippen molar-refractivity contribution in [1.82, 2.24) is 0 Å². The van der Waals surface area contributed by atoms with Crippen molar-refractivity contribution in [3.05, 3.63) is 41.7 Å². The largest absolute Gasteiger partial charge is 0.463 e. The topological polar surface area (TPSA) is 38.3 Å². The first kappa shape index (κ1) is 13.2. The lowest BCUT2D eigenvalue weighted by atomic mass is 10.2. The monoisotopic (exact) mass is 237 g/mol. The minimum absolute atomic E-state index is 0.276. The molecule has 1 aromatic carbocycles. The molecule has 0 fully saturated rings. The van der Waals surface area contributed by atoms with E-state index in [1.807, 2.05) is 13.0 Å². The van der Waals surface area contributed by atoms with Crippen molar-refractivity contribution in [2.45, 2.75) is 13.8 Å². The molecular weight excluding hydrogens is 221 g/mol. The van der Waals surface area contributed by atoms with Gasteiger partial charge in [0.05, 0.1) is 6.61 Å². The summed E-state index contributed by atoms with van der Waals surface area (Å²) in [5.74, 6) is -0.647. The van der Waals surface area contributed by atoms with E-state index in [4.69, 9.17) is 4.74 Å². The van der Waals surface area contributed by atoms with Crippen LogP contribution in [-0.4, -0.2) is 19.1 Å². The molecule has 3 nitrogen and oxygen atoms in total. The summed E-state index contributed by atoms with van der Waals surface area (Å²) in [6.07, 6.45) is 2.99. The number of rotatable bonds is 5. The van der Waals surface area contributed by atoms with E-state index in [1.165, 1.54) is 18.2 Å². The molecule has 0 atom stereocenters. The summed E-state index contributed by atoms with van der Waals surface area (Å²) >= 11 is 0. The van der Waals surface area contributed by atoms with E-state index in [2.05, 4.69) is 5.32 Å². The van der Waals surface area contributed by atoms with Crippen molar-refractivity contribution in [3.8, 4) is 0 Å². The average Bonchev–Trinajstić information content (AvgIpc) is 2.23. The zero-order valence-electron chi connectivity index (χ0n) is 10.00. The van der Waals surface area contributed by atoms with Crippen LogP contribution in [0.3, 0.4) is 0 Å². The van der Waals surface area contributed by atoms with E-state index in [0.717, 1.165) is 5.56 Å². The number of aryl methyl sites for hydroxylation is 1. The highest BCUT2D eigenvalue weighted by Gasteiger charge is 1.96. The number of hydrogen-bond donors (Lipinski definition) is 1. The van der Waals surface area contributed by atoms with Crippen LogP contribution in [0.5, 0.6) is 0 Å². The lowest BCUT2D eigenvalue weighted by molar-refractivity contribution is -0.137. The van der Waals surface area contributed by atoms with Crippen LogP contribution in [0.25, 0.3) is 0 Å². The third kappa shape index (κ3) is 5.15. The number of carbonyl (C=O) groups excluding carboxylic acids is 1. The molecule has 0 amide bonds. The van der Waals surface area contributed by atoms with Crippen LogP contribution in [0.4, 0.5) is 10.1 Å². The van der Waals surface area contributed by atoms with Gasteiger partial charge in [0.15, 0.2) is 0 Å². The molecule has 4 heteroatoms. The van der Waals surface area contributed by atoms with Gasteiger partial charge in [0.1, 0.15) is 5.82 Å². The fourth-order valence-corrected chi connectivity index (χ4v) is 1.36. The number of nitrogens with one attached hydrogen (secondary N) is 1. The highest BCUT2D eigenvalue weighted by atomic mass is 19.1. The quantitative estimate of drug-likeness (QED) is 0.632. The van der Waals surface area contributed by atoms with E-state index in [1.54, 1.807) is 13.0 Å². The summed E-state index contributed by atoms with van der Waals surface area (Å²) in [6.45, 7) is 4.38. The van der Waals surface area contributed by atoms with Gasteiger partial charge in [-0.2, -0.15) is 0 Å². The first-order valence-corrected chi connectivity index (χ1v) is 5.46. The van der Waals surface area contributed by atoms with Crippen LogP contribution < -0.4 is 5.32 Å². The maximum absolute atomic E-state index is 13.0. The van der Waals surface area contributed by atoms with Gasteiger partial charge in [-0.3, -0.25) is 0 Å². The van der Waals surface area contributed by atoms with Crippen LogP contribution in [0.1, 0.15) is 12.5 Å². The molecule has 0 aliphatic rings. The molecule has 1 aromatic rings. The van der Waals surface area contributed by atoms with Crippen LogP contribution in [-0.2, 0) is 9.53 Å². The summed E-state index contributed by atoms with van der Waals surface area (Å²) in [7, 11) is 0. The number of anilines is 1. The molecule has 1 N–H and O–H groups in total. The Labute approximate surface area is 100 Å². The normalized spacial score (nSPS) is 10.5. The highest BCUT2D eigenvalue weighted by Crippen LogP contribution is 2.12. The third-order valence-corrected chi connectivity index (χ3v) is 2.01. The molecule has 17 heavy (non-hydrogen) atoms. The predicted octanol–water partition coefficient (Wildman–Crippen LogP) is 2.67. The first-order chi connectivity index (χ1) is 8.11. The van der Waals surface area contributed by atoms with Crippen molar-refractivity contribution >= 4 is 11.7 Å². The molecule has 0 bridgehead atoms. The lowest BCUT2D eigenvalue weighted by Gasteiger charge is -2.04. The maximum atomic E-state index is 13.0. The van der Waals surface area contributed by atoms with Crippen LogP contribution in [0.15, 0.2) is 30.4 Å². The van der Waals surface area contributed by atoms with Gasteiger partial charge in [0, 0.05) is 18.3 Å². The Kier molecular flexibility index (Phi) is 5.20. The number of ether oxygens (including phenoxy) is 1. The van der Waals surface area contributed by atoms with Crippen LogP contribution in [0.2, 0.25) is 0 Å². The Morgan fingerprint density at radius 3 is 2.88 bits per heavy atom. The van der Waals surface area contributed by atoms with Gasteiger partial charge < -0.3 is 10.1 Å². The van der Waals surface area contributed by atoms with Crippen LogP contribution >= 0.6 is 0 Å². The van der Waals surface area contributed by atoms with E-state index in [0.29, 0.717) is 18.8 Å². The molecular formula is C13H16FNO2. The van der Waals surface area contributed by atoms with Crippen molar-refractivity contribution in [1.29, 1.82) is 0 Å². The van der Waals surface area contributed by atoms with Crippen LogP contribution in [0, 0.1) is 12.7 Å². The zero-order valence-corrected chi connectivity index (χ0v) is 10.00. The highest BCUT2D eigenvalue weighted by molar-refractivity contribution is 5.81. The second kappa shape index (κ2) is 6.68. The SMILES string of the molecule is CCOC(=O)/C=C/CNc1cc(C)cc(F)c1. The minimum atomic E-state index is -0.371. The molecule has 0 aliphatic carbocycles. The molecule has 0 aromatic heterocycles. The number of hydrogen-bond acceptors (Lipinski definition) is 3. The van der Waals surface area contributed by atoms with Gasteiger partial charge in [-0.1, -0.05) is 6.08 Å². The molecule has 0 heterocycles. The third-order valence-electron chi connectivity index (χ3n) is 2.01. The summed E-state index contributed by atoms with van der Waals surface area (Å²) in [5.41, 5.74) is 1.54. The molecule has 0 spiro atoms. The van der Waals surface area contributed by atoms with Gasteiger partial charge in [-0.15, -0.1) is 0 Å². The minimum Gasteiger partial charge on any atom is -0.463 e. The summed E-state index contributed by atoms with van der Waals surface area (Å²) < 4.78 is 17.8. The lowest BCUT2D eigenvalue weighted by Crippen LogP contribution is -2.02. The molecule has 0 saturated carbocycles. The van der Waals surface area contributed by atoms with Gasteiger partial charge in [0.25, 0.3) is 0 Å². The van der Waals surface area contributed by atoms with Gasteiger partial charge in [-0.25, -0.2) is 9.18 Å². The zero-order chi connectivity index (χ0) is 12.7. The van der Waals surface area contributed by atoms with Gasteiger partial charge in [-0.05, 0) is 37.6 Å². The maximum Gasteiger partial charge on any atom is 0.330 e. The Morgan fingerprint density at radius 2 is 2.24 bits per heavy atom. The van der Waals surface area contributed by atoms with E-state index >= 15 is 0 Å². The Hall–Kier alpha value is -1.84. The average molecular weight is 237 g/mol. The molecule has 92 valence electrons. The summed E-state index contributed by atoms with van der Waals surface area (Å²) in [6, 6.07) is 4.70. The molecule has 0 unspecified atom stereocenters. The first-order valence-electron chi connectivity index (χ1n) is 5.46. The molecule has 0 aliphatic heterocycles. The number of esters is 1. The molecule has 1 rings (SSSR count). The van der Waals surface area contributed by atoms with E-state index in [-0.39, 0.29) is 11.8 Å². The fraction of sp³-hybridized carbons (Fsp3) is 0.308. The molecule has 0 radical (unpaired) electrons. The van der Waals surface area contributed by atoms with Crippen molar-refractivity contribution in [3.63, 3.8) is 0 Å². The number of benzene rings is 1. The van der Waals surface area contributed by atoms with Crippen molar-refractivity contribution in [2.24, 2.45) is 0 Å². The number of carbonyl (C=O) groups is 1. The van der Waals surface area contributed by atoms with Crippen molar-refractivity contribution < 1.29 is 13.9 Å². The van der Waals surface area contributed by atoms with Gasteiger partial charge in [0.2, 0.25) is 0 Å². The number of halogens is 1. The smallest absolute Gasteiger partial charge is 0.330 e. The van der Waals surface area contributed by atoms with E-state index < -0.39 is 0 Å². The van der Waals surface area contributed by atoms with Gasteiger partial charge >= 0.3 is 5.97 Å². The Morgan fingerprint density at radius 1 is 1.47 bits per heavy atom. The standard InChI is InChI=1S/C13H16FNO2/c1-3-17-13(16)5-4-6-15-12-8-10(2)7-11(14)9-12/h4-5,7-9,15H,3,6H2,1-2H3/b5-4+. The second-order valence-electron chi connectivity index (χ2n) is 3.55. The molecule has 0 saturated heterocycles. The Bertz CT molecular complexity index is 396. The fourth-order valence-electron chi connectivity index (χ4n) is 1.36. The summed E-state index contributed by atoms with van der Waals surface area (Å²) in [5, 5.41) is 2.99.